The van der Waals surface area contributed by atoms with Crippen LogP contribution in [0.5, 0.6) is 11.5 Å². The van der Waals surface area contributed by atoms with E-state index in [0.29, 0.717) is 22.6 Å². The lowest BCUT2D eigenvalue weighted by atomic mass is 9.99. The largest absolute Gasteiger partial charge is 0.497 e. The number of ether oxygens (including phenoxy) is 2. The van der Waals surface area contributed by atoms with Gasteiger partial charge in [0.15, 0.2) is 6.61 Å². The van der Waals surface area contributed by atoms with Crippen LogP contribution in [0.3, 0.4) is 0 Å². The van der Waals surface area contributed by atoms with Gasteiger partial charge < -0.3 is 35.8 Å². The molecule has 4 amide bonds. The molecule has 0 aliphatic carbocycles. The van der Waals surface area contributed by atoms with Crippen molar-refractivity contribution in [2.24, 2.45) is 0 Å². The molecule has 288 valence electrons. The monoisotopic (exact) mass is 774 g/mol. The standard InChI is InChI=1S/C43H42N4O8S/c1-54-32-17-11-28(12-18-32)23-36-41(50)47-38(43(52)53)24-29-13-19-33(20-14-29)55-26-39(48)44-37(25-34-8-5-21-56-34)42(51)46-35(40(49)45-36)22-27-9-15-31(16-10-27)30-6-3-2-4-7-30/h2-21,35-38H,22-26H2,1H3,(H,44,48)(H,45,49)(H,46,51)(H,47,50)(H,52,53). The van der Waals surface area contributed by atoms with Gasteiger partial charge in [0, 0.05) is 30.6 Å². The number of carboxylic acid groups (broad SMARTS) is 1. The summed E-state index contributed by atoms with van der Waals surface area (Å²) in [5, 5.41) is 23.0. The van der Waals surface area contributed by atoms with Crippen molar-refractivity contribution in [1.29, 1.82) is 0 Å². The molecule has 56 heavy (non-hydrogen) atoms. The lowest BCUT2D eigenvalue weighted by Crippen LogP contribution is -2.59. The summed E-state index contributed by atoms with van der Waals surface area (Å²) in [5.74, 6) is -2.89. The summed E-state index contributed by atoms with van der Waals surface area (Å²) in [7, 11) is 1.53. The Morgan fingerprint density at radius 3 is 1.82 bits per heavy atom. The molecule has 0 spiro atoms. The maximum Gasteiger partial charge on any atom is 0.326 e. The highest BCUT2D eigenvalue weighted by atomic mass is 32.1. The summed E-state index contributed by atoms with van der Waals surface area (Å²) in [4.78, 5) is 69.0. The highest BCUT2D eigenvalue weighted by Gasteiger charge is 2.32. The summed E-state index contributed by atoms with van der Waals surface area (Å²) in [5.41, 5.74) is 3.96. The average Bonchev–Trinajstić information content (AvgIpc) is 3.73. The Morgan fingerprint density at radius 2 is 1.25 bits per heavy atom. The Hall–Kier alpha value is -6.47. The third-order valence-electron chi connectivity index (χ3n) is 9.35. The van der Waals surface area contributed by atoms with Gasteiger partial charge >= 0.3 is 5.97 Å². The van der Waals surface area contributed by atoms with Gasteiger partial charge in [-0.3, -0.25) is 19.2 Å². The number of nitrogens with one attached hydrogen (secondary N) is 4. The summed E-state index contributed by atoms with van der Waals surface area (Å²) >= 11 is 1.42. The third-order valence-corrected chi connectivity index (χ3v) is 10.2. The van der Waals surface area contributed by atoms with Gasteiger partial charge in [0.25, 0.3) is 5.91 Å². The fourth-order valence-corrected chi connectivity index (χ4v) is 7.07. The summed E-state index contributed by atoms with van der Waals surface area (Å²) in [6.45, 7) is -0.397. The first-order valence-corrected chi connectivity index (χ1v) is 19.0. The van der Waals surface area contributed by atoms with E-state index in [0.717, 1.165) is 21.6 Å². The zero-order chi connectivity index (χ0) is 39.4. The minimum atomic E-state index is -1.34. The van der Waals surface area contributed by atoms with E-state index in [2.05, 4.69) is 21.3 Å². The van der Waals surface area contributed by atoms with Gasteiger partial charge in [-0.2, -0.15) is 0 Å². The number of carboxylic acids is 1. The van der Waals surface area contributed by atoms with Crippen LogP contribution in [0.15, 0.2) is 121 Å². The SMILES string of the molecule is COc1ccc(CC2NC(=O)C(Cc3ccc(-c4ccccc4)cc3)NC(=O)C(Cc3cccs3)NC(=O)COc3ccc(cc3)CC(C(=O)O)NC2=O)cc1. The molecule has 1 aromatic heterocycles. The highest BCUT2D eigenvalue weighted by molar-refractivity contribution is 7.09. The lowest BCUT2D eigenvalue weighted by molar-refractivity contribution is -0.142. The number of thiophene rings is 1. The number of carbonyl (C=O) groups is 5. The van der Waals surface area contributed by atoms with E-state index in [1.165, 1.54) is 18.4 Å². The molecule has 2 aliphatic heterocycles. The number of methoxy groups -OCH3 is 1. The van der Waals surface area contributed by atoms with Gasteiger partial charge in [0.2, 0.25) is 17.7 Å². The fraction of sp³-hybridized carbons (Fsp3) is 0.233. The molecule has 0 radical (unpaired) electrons. The number of aliphatic carboxylic acids is 1. The van der Waals surface area contributed by atoms with Crippen molar-refractivity contribution in [1.82, 2.24) is 21.3 Å². The predicted octanol–water partition coefficient (Wildman–Crippen LogP) is 4.11. The molecule has 12 nitrogen and oxygen atoms in total. The van der Waals surface area contributed by atoms with Gasteiger partial charge in [0.1, 0.15) is 35.7 Å². The molecule has 5 N–H and O–H groups in total. The number of hydrogen-bond acceptors (Lipinski definition) is 8. The van der Waals surface area contributed by atoms with Crippen molar-refractivity contribution in [2.45, 2.75) is 49.9 Å². The second-order valence-electron chi connectivity index (χ2n) is 13.4. The molecular formula is C43H42N4O8S. The van der Waals surface area contributed by atoms with Gasteiger partial charge in [-0.05, 0) is 63.5 Å². The van der Waals surface area contributed by atoms with E-state index < -0.39 is 60.4 Å². The van der Waals surface area contributed by atoms with Crippen molar-refractivity contribution >= 4 is 40.9 Å². The van der Waals surface area contributed by atoms with Gasteiger partial charge in [-0.1, -0.05) is 84.9 Å². The quantitative estimate of drug-likeness (QED) is 0.139. The van der Waals surface area contributed by atoms with Gasteiger partial charge in [-0.25, -0.2) is 4.79 Å². The molecular weight excluding hydrogens is 733 g/mol. The Bertz CT molecular complexity index is 2110. The second kappa shape index (κ2) is 18.7. The molecule has 7 rings (SSSR count). The van der Waals surface area contributed by atoms with Crippen LogP contribution in [0.4, 0.5) is 0 Å². The van der Waals surface area contributed by atoms with Gasteiger partial charge in [-0.15, -0.1) is 11.3 Å². The fourth-order valence-electron chi connectivity index (χ4n) is 6.31. The van der Waals surface area contributed by atoms with Crippen LogP contribution < -0.4 is 30.7 Å². The lowest BCUT2D eigenvalue weighted by Gasteiger charge is -2.26. The second-order valence-corrected chi connectivity index (χ2v) is 14.4. The minimum Gasteiger partial charge on any atom is -0.497 e. The summed E-state index contributed by atoms with van der Waals surface area (Å²) in [6, 6.07) is 29.6. The number of benzene rings is 4. The van der Waals surface area contributed by atoms with E-state index in [4.69, 9.17) is 9.47 Å². The van der Waals surface area contributed by atoms with Gasteiger partial charge in [0.05, 0.1) is 7.11 Å². The third kappa shape index (κ3) is 10.8. The molecule has 3 heterocycles. The van der Waals surface area contributed by atoms with Crippen LogP contribution in [0.1, 0.15) is 21.6 Å². The predicted molar refractivity (Wildman–Crippen MR) is 211 cm³/mol. The van der Waals surface area contributed by atoms with E-state index >= 15 is 0 Å². The molecule has 2 aliphatic rings. The number of carbonyl (C=O) groups excluding carboxylic acids is 4. The molecule has 5 aromatic rings. The molecule has 0 saturated heterocycles. The van der Waals surface area contributed by atoms with Crippen LogP contribution in [0.25, 0.3) is 11.1 Å². The molecule has 0 saturated carbocycles. The van der Waals surface area contributed by atoms with Crippen LogP contribution in [-0.2, 0) is 49.7 Å². The minimum absolute atomic E-state index is 0.00341. The molecule has 4 atom stereocenters. The Labute approximate surface area is 328 Å². The van der Waals surface area contributed by atoms with E-state index in [9.17, 15) is 29.1 Å². The van der Waals surface area contributed by atoms with Crippen LogP contribution >= 0.6 is 11.3 Å². The molecule has 13 heteroatoms. The van der Waals surface area contributed by atoms with Crippen molar-refractivity contribution in [3.63, 3.8) is 0 Å². The van der Waals surface area contributed by atoms with Crippen molar-refractivity contribution in [3.8, 4) is 22.6 Å². The normalized spacial score (nSPS) is 19.5. The summed E-state index contributed by atoms with van der Waals surface area (Å²) in [6.07, 6.45) is 0.137. The van der Waals surface area contributed by atoms with E-state index in [1.54, 1.807) is 48.5 Å². The maximum absolute atomic E-state index is 14.4. The number of fused-ring (bicyclic) bond motifs is 16. The number of amides is 4. The van der Waals surface area contributed by atoms with E-state index in [1.807, 2.05) is 72.1 Å². The zero-order valence-electron chi connectivity index (χ0n) is 30.6. The highest BCUT2D eigenvalue weighted by Crippen LogP contribution is 2.21. The molecule has 0 fully saturated rings. The molecule has 4 unspecified atom stereocenters. The Morgan fingerprint density at radius 1 is 0.679 bits per heavy atom. The Kier molecular flexibility index (Phi) is 13.1. The number of rotatable bonds is 9. The topological polar surface area (TPSA) is 172 Å². The van der Waals surface area contributed by atoms with Crippen LogP contribution in [-0.4, -0.2) is 72.6 Å². The van der Waals surface area contributed by atoms with Crippen LogP contribution in [0, 0.1) is 0 Å². The summed E-state index contributed by atoms with van der Waals surface area (Å²) < 4.78 is 11.0. The van der Waals surface area contributed by atoms with Crippen molar-refractivity contribution < 1.29 is 38.6 Å². The van der Waals surface area contributed by atoms with Crippen LogP contribution in [0.2, 0.25) is 0 Å². The first-order valence-electron chi connectivity index (χ1n) is 18.1. The van der Waals surface area contributed by atoms with E-state index in [-0.39, 0.29) is 25.7 Å². The average molecular weight is 775 g/mol. The van der Waals surface area contributed by atoms with Crippen molar-refractivity contribution in [3.05, 3.63) is 142 Å². The first kappa shape index (κ1) is 39.2. The first-order chi connectivity index (χ1) is 27.1. The molecule has 2 bridgehead atoms. The Balaban J connectivity index is 1.35. The maximum atomic E-state index is 14.4. The van der Waals surface area contributed by atoms with Crippen molar-refractivity contribution in [2.75, 3.05) is 13.7 Å². The smallest absolute Gasteiger partial charge is 0.326 e. The zero-order valence-corrected chi connectivity index (χ0v) is 31.4. The molecule has 4 aromatic carbocycles. The number of hydrogen-bond donors (Lipinski definition) is 5.